The molecule has 0 radical (unpaired) electrons. The summed E-state index contributed by atoms with van der Waals surface area (Å²) in [4.78, 5) is 14.6. The van der Waals surface area contributed by atoms with Gasteiger partial charge in [-0.1, -0.05) is 0 Å². The predicted octanol–water partition coefficient (Wildman–Crippen LogP) is 2.65. The molecule has 2 aromatic rings. The molecule has 0 atom stereocenters. The van der Waals surface area contributed by atoms with Crippen molar-refractivity contribution < 1.29 is 23.1 Å². The first-order valence-corrected chi connectivity index (χ1v) is 5.26. The maximum absolute atomic E-state index is 12.7. The van der Waals surface area contributed by atoms with Crippen LogP contribution in [-0.4, -0.2) is 20.6 Å². The molecule has 4 nitrogen and oxygen atoms in total. The zero-order chi connectivity index (χ0) is 14.0. The highest BCUT2D eigenvalue weighted by molar-refractivity contribution is 5.88. The molecule has 0 spiro atoms. The van der Waals surface area contributed by atoms with Crippen molar-refractivity contribution in [2.24, 2.45) is 0 Å². The second-order valence-electron chi connectivity index (χ2n) is 3.96. The van der Waals surface area contributed by atoms with E-state index in [1.807, 2.05) is 0 Å². The maximum Gasteiger partial charge on any atom is 0.416 e. The fraction of sp³-hybridized carbons (Fsp3) is 0.167. The summed E-state index contributed by atoms with van der Waals surface area (Å²) in [6.45, 7) is 0.129. The van der Waals surface area contributed by atoms with Crippen LogP contribution >= 0.6 is 0 Å². The van der Waals surface area contributed by atoms with E-state index in [0.717, 1.165) is 6.07 Å². The fourth-order valence-electron chi connectivity index (χ4n) is 1.66. The summed E-state index contributed by atoms with van der Waals surface area (Å²) in [5.41, 5.74) is -1.10. The van der Waals surface area contributed by atoms with Crippen LogP contribution < -0.4 is 0 Å². The van der Waals surface area contributed by atoms with Crippen molar-refractivity contribution in [1.82, 2.24) is 9.55 Å². The summed E-state index contributed by atoms with van der Waals surface area (Å²) in [5.74, 6) is -1.39. The van der Waals surface area contributed by atoms with Gasteiger partial charge in [-0.3, -0.25) is 0 Å². The van der Waals surface area contributed by atoms with Crippen LogP contribution in [0.1, 0.15) is 21.5 Å². The van der Waals surface area contributed by atoms with Gasteiger partial charge in [-0.2, -0.15) is 13.2 Å². The molecule has 1 aromatic heterocycles. The number of nitrogens with zero attached hydrogens (tertiary/aromatic N) is 2. The van der Waals surface area contributed by atoms with Crippen molar-refractivity contribution in [3.63, 3.8) is 0 Å². The minimum atomic E-state index is -4.57. The Balaban J connectivity index is 2.42. The average molecular weight is 270 g/mol. The SMILES string of the molecule is O=C(O)c1cc(Cn2ccnc2)cc(C(F)(F)F)c1. The Bertz CT molecular complexity index is 592. The van der Waals surface area contributed by atoms with Crippen molar-refractivity contribution in [2.75, 3.05) is 0 Å². The standard InChI is InChI=1S/C12H9F3N2O2/c13-12(14,15)10-4-8(3-9(5-10)11(18)19)6-17-2-1-16-7-17/h1-5,7H,6H2,(H,18,19). The number of aromatic nitrogens is 2. The lowest BCUT2D eigenvalue weighted by Gasteiger charge is -2.11. The molecular weight excluding hydrogens is 261 g/mol. The Morgan fingerprint density at radius 3 is 2.58 bits per heavy atom. The van der Waals surface area contributed by atoms with Crippen LogP contribution in [0.3, 0.4) is 0 Å². The summed E-state index contributed by atoms with van der Waals surface area (Å²) in [7, 11) is 0. The average Bonchev–Trinajstić information content (AvgIpc) is 2.80. The van der Waals surface area contributed by atoms with E-state index in [-0.39, 0.29) is 17.7 Å². The van der Waals surface area contributed by atoms with Crippen LogP contribution in [0, 0.1) is 0 Å². The number of aromatic carboxylic acids is 1. The third kappa shape index (κ3) is 3.12. The van der Waals surface area contributed by atoms with Crippen LogP contribution in [0.15, 0.2) is 36.9 Å². The van der Waals surface area contributed by atoms with Gasteiger partial charge in [0.2, 0.25) is 0 Å². The lowest BCUT2D eigenvalue weighted by Crippen LogP contribution is -2.10. The molecule has 100 valence electrons. The molecule has 0 aliphatic carbocycles. The lowest BCUT2D eigenvalue weighted by molar-refractivity contribution is -0.137. The Morgan fingerprint density at radius 1 is 1.32 bits per heavy atom. The van der Waals surface area contributed by atoms with Crippen LogP contribution in [0.5, 0.6) is 0 Å². The number of benzene rings is 1. The molecule has 0 amide bonds. The van der Waals surface area contributed by atoms with Gasteiger partial charge < -0.3 is 9.67 Å². The first-order valence-electron chi connectivity index (χ1n) is 5.26. The number of imidazole rings is 1. The van der Waals surface area contributed by atoms with E-state index in [1.165, 1.54) is 18.6 Å². The van der Waals surface area contributed by atoms with Crippen molar-refractivity contribution in [3.8, 4) is 0 Å². The summed E-state index contributed by atoms with van der Waals surface area (Å²) < 4.78 is 39.6. The number of halogens is 3. The molecule has 19 heavy (non-hydrogen) atoms. The van der Waals surface area contributed by atoms with E-state index in [0.29, 0.717) is 6.07 Å². The van der Waals surface area contributed by atoms with E-state index in [1.54, 1.807) is 10.8 Å². The van der Waals surface area contributed by atoms with E-state index < -0.39 is 17.7 Å². The largest absolute Gasteiger partial charge is 0.478 e. The van der Waals surface area contributed by atoms with E-state index in [4.69, 9.17) is 5.11 Å². The van der Waals surface area contributed by atoms with Crippen molar-refractivity contribution in [2.45, 2.75) is 12.7 Å². The smallest absolute Gasteiger partial charge is 0.416 e. The minimum Gasteiger partial charge on any atom is -0.478 e. The molecule has 0 unspecified atom stereocenters. The second-order valence-corrected chi connectivity index (χ2v) is 3.96. The number of carboxylic acid groups (broad SMARTS) is 1. The molecule has 0 aliphatic rings. The molecule has 7 heteroatoms. The van der Waals surface area contributed by atoms with Gasteiger partial charge in [-0.05, 0) is 23.8 Å². The number of rotatable bonds is 3. The third-order valence-corrected chi connectivity index (χ3v) is 2.49. The van der Waals surface area contributed by atoms with Crippen LogP contribution in [0.2, 0.25) is 0 Å². The monoisotopic (exact) mass is 270 g/mol. The molecule has 0 fully saturated rings. The van der Waals surface area contributed by atoms with E-state index >= 15 is 0 Å². The van der Waals surface area contributed by atoms with Gasteiger partial charge in [0.15, 0.2) is 0 Å². The van der Waals surface area contributed by atoms with Gasteiger partial charge in [0, 0.05) is 18.9 Å². The van der Waals surface area contributed by atoms with Gasteiger partial charge in [-0.25, -0.2) is 9.78 Å². The minimum absolute atomic E-state index is 0.129. The van der Waals surface area contributed by atoms with Gasteiger partial charge >= 0.3 is 12.1 Å². The van der Waals surface area contributed by atoms with Crippen molar-refractivity contribution in [1.29, 1.82) is 0 Å². The van der Waals surface area contributed by atoms with Gasteiger partial charge in [0.05, 0.1) is 17.5 Å². The summed E-state index contributed by atoms with van der Waals surface area (Å²) in [6.07, 6.45) is -0.0533. The molecule has 0 saturated heterocycles. The third-order valence-electron chi connectivity index (χ3n) is 2.49. The summed E-state index contributed by atoms with van der Waals surface area (Å²) >= 11 is 0. The Hall–Kier alpha value is -2.31. The number of carbonyl (C=O) groups is 1. The number of hydrogen-bond donors (Lipinski definition) is 1. The van der Waals surface area contributed by atoms with Crippen LogP contribution in [0.25, 0.3) is 0 Å². The molecule has 1 N–H and O–H groups in total. The topological polar surface area (TPSA) is 55.1 Å². The maximum atomic E-state index is 12.7. The molecule has 0 saturated carbocycles. The Labute approximate surface area is 106 Å². The normalized spacial score (nSPS) is 11.5. The number of carboxylic acids is 1. The molecular formula is C12H9F3N2O2. The zero-order valence-electron chi connectivity index (χ0n) is 9.55. The zero-order valence-corrected chi connectivity index (χ0v) is 9.55. The Kier molecular flexibility index (Phi) is 3.28. The molecule has 0 bridgehead atoms. The second kappa shape index (κ2) is 4.75. The molecule has 1 aromatic carbocycles. The fourth-order valence-corrected chi connectivity index (χ4v) is 1.66. The van der Waals surface area contributed by atoms with E-state index in [9.17, 15) is 18.0 Å². The highest BCUT2D eigenvalue weighted by atomic mass is 19.4. The molecule has 0 aliphatic heterocycles. The summed E-state index contributed by atoms with van der Waals surface area (Å²) in [5, 5.41) is 8.84. The number of hydrogen-bond acceptors (Lipinski definition) is 2. The lowest BCUT2D eigenvalue weighted by atomic mass is 10.1. The van der Waals surface area contributed by atoms with Crippen LogP contribution in [0.4, 0.5) is 13.2 Å². The molecule has 2 rings (SSSR count). The first-order chi connectivity index (χ1) is 8.86. The van der Waals surface area contributed by atoms with Gasteiger partial charge in [0.25, 0.3) is 0 Å². The number of alkyl halides is 3. The first kappa shape index (κ1) is 13.1. The predicted molar refractivity (Wildman–Crippen MR) is 59.7 cm³/mol. The van der Waals surface area contributed by atoms with Crippen molar-refractivity contribution >= 4 is 5.97 Å². The molecule has 1 heterocycles. The quantitative estimate of drug-likeness (QED) is 0.932. The highest BCUT2D eigenvalue weighted by Gasteiger charge is 2.31. The van der Waals surface area contributed by atoms with Gasteiger partial charge in [-0.15, -0.1) is 0 Å². The van der Waals surface area contributed by atoms with Crippen LogP contribution in [-0.2, 0) is 12.7 Å². The van der Waals surface area contributed by atoms with Crippen molar-refractivity contribution in [3.05, 3.63) is 53.6 Å². The van der Waals surface area contributed by atoms with E-state index in [2.05, 4.69) is 4.98 Å². The van der Waals surface area contributed by atoms with Gasteiger partial charge in [0.1, 0.15) is 0 Å². The Morgan fingerprint density at radius 2 is 2.05 bits per heavy atom. The highest BCUT2D eigenvalue weighted by Crippen LogP contribution is 2.30. The summed E-state index contributed by atoms with van der Waals surface area (Å²) in [6, 6.07) is 2.78.